The number of hydrogen-bond donors (Lipinski definition) is 2. The Morgan fingerprint density at radius 3 is 2.27 bits per heavy atom. The van der Waals surface area contributed by atoms with Crippen molar-refractivity contribution < 1.29 is 18.0 Å². The van der Waals surface area contributed by atoms with Gasteiger partial charge in [0.2, 0.25) is 5.95 Å². The Bertz CT molecular complexity index is 1130. The van der Waals surface area contributed by atoms with Crippen LogP contribution in [-0.2, 0) is 13.6 Å². The topological polar surface area (TPSA) is 109 Å². The largest absolute Gasteiger partial charge is 0.414 e. The zero-order valence-corrected chi connectivity index (χ0v) is 26.1. The van der Waals surface area contributed by atoms with E-state index in [1.165, 1.54) is 0 Å². The summed E-state index contributed by atoms with van der Waals surface area (Å²) in [6, 6.07) is 0.360. The maximum Gasteiger partial charge on any atom is 0.224 e. The lowest BCUT2D eigenvalue weighted by atomic mass is 10.1. The van der Waals surface area contributed by atoms with Crippen molar-refractivity contribution in [3.05, 3.63) is 6.33 Å². The molecular formula is C25H45FN6O3Si2. The number of imidazole rings is 1. The highest BCUT2D eigenvalue weighted by Crippen LogP contribution is 2.44. The molecule has 12 heteroatoms. The van der Waals surface area contributed by atoms with E-state index in [4.69, 9.17) is 19.3 Å². The molecular weight excluding hydrogens is 507 g/mol. The summed E-state index contributed by atoms with van der Waals surface area (Å²) < 4.78 is 37.6. The van der Waals surface area contributed by atoms with E-state index < -0.39 is 41.2 Å². The van der Waals surface area contributed by atoms with Gasteiger partial charge in [-0.15, -0.1) is 0 Å². The summed E-state index contributed by atoms with van der Waals surface area (Å²) in [6.45, 7) is 21.9. The Kier molecular flexibility index (Phi) is 7.33. The fourth-order valence-electron chi connectivity index (χ4n) is 3.86. The first-order chi connectivity index (χ1) is 16.9. The molecule has 37 heavy (non-hydrogen) atoms. The maximum atomic E-state index is 16.4. The van der Waals surface area contributed by atoms with Gasteiger partial charge in [0.25, 0.3) is 0 Å². The molecule has 2 fully saturated rings. The second-order valence-corrected chi connectivity index (χ2v) is 23.2. The third kappa shape index (κ3) is 5.73. The van der Waals surface area contributed by atoms with E-state index in [0.717, 1.165) is 12.8 Å². The van der Waals surface area contributed by atoms with Crippen molar-refractivity contribution in [2.24, 2.45) is 0 Å². The average molecular weight is 553 g/mol. The summed E-state index contributed by atoms with van der Waals surface area (Å²) in [5.74, 6) is 0.682. The van der Waals surface area contributed by atoms with Crippen LogP contribution in [-0.4, -0.2) is 67.2 Å². The van der Waals surface area contributed by atoms with E-state index in [2.05, 4.69) is 88.0 Å². The number of halogens is 1. The Labute approximate surface area is 222 Å². The third-order valence-corrected chi connectivity index (χ3v) is 17.5. The van der Waals surface area contributed by atoms with Crippen LogP contribution in [0, 0.1) is 0 Å². The number of anilines is 2. The van der Waals surface area contributed by atoms with Crippen molar-refractivity contribution >= 4 is 39.6 Å². The lowest BCUT2D eigenvalue weighted by Crippen LogP contribution is -2.50. The minimum atomic E-state index is -2.31. The first-order valence-corrected chi connectivity index (χ1v) is 19.1. The Balaban J connectivity index is 1.66. The summed E-state index contributed by atoms with van der Waals surface area (Å²) in [6.07, 6.45) is -0.0135. The normalized spacial score (nSPS) is 25.7. The van der Waals surface area contributed by atoms with Gasteiger partial charge in [0.15, 0.2) is 46.0 Å². The fourth-order valence-corrected chi connectivity index (χ4v) is 6.19. The lowest BCUT2D eigenvalue weighted by Gasteiger charge is -2.40. The van der Waals surface area contributed by atoms with Gasteiger partial charge in [0.05, 0.1) is 12.9 Å². The number of nitrogens with one attached hydrogen (secondary N) is 1. The smallest absolute Gasteiger partial charge is 0.224 e. The second-order valence-electron chi connectivity index (χ2n) is 13.6. The molecule has 2 aliphatic rings. The van der Waals surface area contributed by atoms with E-state index in [-0.39, 0.29) is 22.6 Å². The molecule has 9 nitrogen and oxygen atoms in total. The molecule has 4 atom stereocenters. The number of nitrogens with zero attached hydrogens (tertiary/aromatic N) is 4. The van der Waals surface area contributed by atoms with Gasteiger partial charge < -0.3 is 24.6 Å². The standard InChI is InChI=1S/C25H45FN6O3Si2/c1-24(2,3)36(7,8)33-13-16-19(35-37(9,10)25(4,5)6)17(26)22(34-16)32-14-28-18-20(29-15-11-12-15)30-23(27)31-21(18)32/h14-17,19,22H,11-13H2,1-10H3,(H3,27,29,30,31)/t16-,17-,19-,22-/m1/s1. The second kappa shape index (κ2) is 9.54. The summed E-state index contributed by atoms with van der Waals surface area (Å²) in [5.41, 5.74) is 7.03. The highest BCUT2D eigenvalue weighted by molar-refractivity contribution is 6.74. The predicted molar refractivity (Wildman–Crippen MR) is 150 cm³/mol. The van der Waals surface area contributed by atoms with Crippen molar-refractivity contribution in [1.82, 2.24) is 19.5 Å². The van der Waals surface area contributed by atoms with Crippen LogP contribution in [0.2, 0.25) is 36.3 Å². The molecule has 4 rings (SSSR count). The highest BCUT2D eigenvalue weighted by atomic mass is 28.4. The maximum absolute atomic E-state index is 16.4. The number of alkyl halides is 1. The van der Waals surface area contributed by atoms with Gasteiger partial charge >= 0.3 is 0 Å². The Hall–Kier alpha value is -1.61. The molecule has 0 bridgehead atoms. The quantitative estimate of drug-likeness (QED) is 0.406. The van der Waals surface area contributed by atoms with Gasteiger partial charge in [-0.3, -0.25) is 4.57 Å². The monoisotopic (exact) mass is 552 g/mol. The molecule has 208 valence electrons. The van der Waals surface area contributed by atoms with Crippen molar-refractivity contribution in [3.8, 4) is 0 Å². The van der Waals surface area contributed by atoms with Crippen molar-refractivity contribution in [3.63, 3.8) is 0 Å². The van der Waals surface area contributed by atoms with E-state index >= 15 is 4.39 Å². The number of aromatic nitrogens is 4. The summed E-state index contributed by atoms with van der Waals surface area (Å²) >= 11 is 0. The molecule has 3 N–H and O–H groups in total. The molecule has 3 heterocycles. The van der Waals surface area contributed by atoms with E-state index in [1.807, 2.05) is 0 Å². The Morgan fingerprint density at radius 1 is 1.08 bits per heavy atom. The van der Waals surface area contributed by atoms with Crippen LogP contribution in [0.25, 0.3) is 11.2 Å². The number of fused-ring (bicyclic) bond motifs is 1. The zero-order chi connectivity index (χ0) is 27.6. The molecule has 1 saturated heterocycles. The minimum Gasteiger partial charge on any atom is -0.414 e. The summed E-state index contributed by atoms with van der Waals surface area (Å²) in [5, 5.41) is 3.30. The third-order valence-electron chi connectivity index (χ3n) is 8.55. The number of rotatable bonds is 8. The molecule has 0 aromatic carbocycles. The summed E-state index contributed by atoms with van der Waals surface area (Å²) in [4.78, 5) is 13.3. The van der Waals surface area contributed by atoms with Crippen LogP contribution in [0.4, 0.5) is 16.2 Å². The van der Waals surface area contributed by atoms with Crippen molar-refractivity contribution in [2.45, 2.75) is 121 Å². The van der Waals surface area contributed by atoms with Gasteiger partial charge in [-0.05, 0) is 49.1 Å². The fraction of sp³-hybridized carbons (Fsp3) is 0.800. The SMILES string of the molecule is CC(C)(C)[Si](C)(C)OC[C@H]1O[C@@H](n2cnc3c(NC4CC4)nc(N)nc32)[C@H](F)[C@@H]1O[Si](C)(C)C(C)(C)C. The molecule has 2 aromatic rings. The summed E-state index contributed by atoms with van der Waals surface area (Å²) in [7, 11) is -4.39. The number of ether oxygens (including phenoxy) is 1. The van der Waals surface area contributed by atoms with Crippen molar-refractivity contribution in [1.29, 1.82) is 0 Å². The van der Waals surface area contributed by atoms with Crippen LogP contribution in [0.3, 0.4) is 0 Å². The number of hydrogen-bond acceptors (Lipinski definition) is 8. The van der Waals surface area contributed by atoms with Crippen molar-refractivity contribution in [2.75, 3.05) is 17.7 Å². The molecule has 1 saturated carbocycles. The van der Waals surface area contributed by atoms with Crippen LogP contribution in [0.15, 0.2) is 6.33 Å². The molecule has 0 radical (unpaired) electrons. The molecule has 1 aliphatic heterocycles. The highest BCUT2D eigenvalue weighted by Gasteiger charge is 2.52. The number of nitrogens with two attached hydrogens (primary N) is 1. The van der Waals surface area contributed by atoms with Gasteiger partial charge in [0.1, 0.15) is 12.2 Å². The molecule has 0 amide bonds. The van der Waals surface area contributed by atoms with E-state index in [1.54, 1.807) is 10.9 Å². The van der Waals surface area contributed by atoms with Gasteiger partial charge in [-0.25, -0.2) is 9.37 Å². The minimum absolute atomic E-state index is 0.0237. The van der Waals surface area contributed by atoms with Crippen LogP contribution < -0.4 is 11.1 Å². The molecule has 0 spiro atoms. The van der Waals surface area contributed by atoms with Gasteiger partial charge in [-0.2, -0.15) is 9.97 Å². The molecule has 0 unspecified atom stereocenters. The van der Waals surface area contributed by atoms with E-state index in [0.29, 0.717) is 23.0 Å². The molecule has 2 aromatic heterocycles. The predicted octanol–water partition coefficient (Wildman–Crippen LogP) is 5.63. The van der Waals surface area contributed by atoms with Crippen LogP contribution >= 0.6 is 0 Å². The first-order valence-electron chi connectivity index (χ1n) is 13.3. The zero-order valence-electron chi connectivity index (χ0n) is 24.1. The number of nitrogen functional groups attached to an aromatic ring is 1. The van der Waals surface area contributed by atoms with E-state index in [9.17, 15) is 0 Å². The Morgan fingerprint density at radius 2 is 1.70 bits per heavy atom. The van der Waals surface area contributed by atoms with Crippen LogP contribution in [0.5, 0.6) is 0 Å². The van der Waals surface area contributed by atoms with Gasteiger partial charge in [-0.1, -0.05) is 41.5 Å². The average Bonchev–Trinajstić information content (AvgIpc) is 3.39. The first kappa shape index (κ1) is 28.4. The lowest BCUT2D eigenvalue weighted by molar-refractivity contribution is -0.0421. The van der Waals surface area contributed by atoms with Gasteiger partial charge in [0, 0.05) is 6.04 Å². The molecule has 1 aliphatic carbocycles. The van der Waals surface area contributed by atoms with Crippen LogP contribution in [0.1, 0.15) is 60.6 Å².